The van der Waals surface area contributed by atoms with Crippen molar-refractivity contribution in [3.05, 3.63) is 11.5 Å². The molecule has 1 rings (SSSR count). The van der Waals surface area contributed by atoms with Crippen molar-refractivity contribution in [2.75, 3.05) is 0 Å². The highest BCUT2D eigenvalue weighted by Gasteiger charge is 2.25. The molecule has 5 nitrogen and oxygen atoms in total. The molecular weight excluding hydrogens is 228 g/mol. The van der Waals surface area contributed by atoms with E-state index in [9.17, 15) is 8.42 Å². The number of aryl methyl sites for hydroxylation is 2. The first-order valence-electron chi connectivity index (χ1n) is 5.33. The lowest BCUT2D eigenvalue weighted by molar-refractivity contribution is 0.390. The number of hydrogen-bond donors (Lipinski definition) is 1. The molecule has 0 spiro atoms. The Morgan fingerprint density at radius 1 is 1.44 bits per heavy atom. The fourth-order valence-corrected chi connectivity index (χ4v) is 3.28. The summed E-state index contributed by atoms with van der Waals surface area (Å²) in [5.41, 5.74) is 0.397. The van der Waals surface area contributed by atoms with Crippen LogP contribution in [-0.4, -0.2) is 19.6 Å². The van der Waals surface area contributed by atoms with Gasteiger partial charge in [-0.15, -0.1) is 0 Å². The van der Waals surface area contributed by atoms with E-state index in [1.54, 1.807) is 13.8 Å². The number of rotatable bonds is 5. The lowest BCUT2D eigenvalue weighted by Crippen LogP contribution is -2.32. The molecule has 0 aliphatic carbocycles. The van der Waals surface area contributed by atoms with E-state index in [-0.39, 0.29) is 10.9 Å². The monoisotopic (exact) mass is 246 g/mol. The number of sulfonamides is 1. The van der Waals surface area contributed by atoms with Crippen molar-refractivity contribution in [3.63, 3.8) is 0 Å². The summed E-state index contributed by atoms with van der Waals surface area (Å²) in [5.74, 6) is 0.327. The van der Waals surface area contributed by atoms with Gasteiger partial charge in [0.05, 0.1) is 0 Å². The van der Waals surface area contributed by atoms with E-state index >= 15 is 0 Å². The summed E-state index contributed by atoms with van der Waals surface area (Å²) in [6.07, 6.45) is 1.74. The Labute approximate surface area is 96.3 Å². The highest BCUT2D eigenvalue weighted by Crippen LogP contribution is 2.19. The van der Waals surface area contributed by atoms with Gasteiger partial charge in [-0.05, 0) is 27.2 Å². The molecule has 6 heteroatoms. The molecule has 16 heavy (non-hydrogen) atoms. The molecule has 92 valence electrons. The van der Waals surface area contributed by atoms with Crippen LogP contribution in [0.25, 0.3) is 0 Å². The molecule has 1 N–H and O–H groups in total. The van der Waals surface area contributed by atoms with Gasteiger partial charge < -0.3 is 4.52 Å². The fraction of sp³-hybridized carbons (Fsp3) is 0.700. The summed E-state index contributed by atoms with van der Waals surface area (Å²) in [4.78, 5) is 0.162. The van der Waals surface area contributed by atoms with Gasteiger partial charge >= 0.3 is 0 Å². The van der Waals surface area contributed by atoms with Crippen LogP contribution in [0.15, 0.2) is 9.42 Å². The van der Waals surface area contributed by atoms with Gasteiger partial charge in [0.1, 0.15) is 10.6 Å². The highest BCUT2D eigenvalue weighted by molar-refractivity contribution is 7.89. The van der Waals surface area contributed by atoms with Gasteiger partial charge in [0, 0.05) is 6.04 Å². The standard InChI is InChI=1S/C10H18N2O3S/c1-5-6-7(2)12-16(13,14)10-8(3)11-15-9(10)4/h7,12H,5-6H2,1-4H3/t7-/m1/s1. The minimum absolute atomic E-state index is 0.0799. The maximum absolute atomic E-state index is 12.0. The third-order valence-electron chi connectivity index (χ3n) is 2.31. The maximum Gasteiger partial charge on any atom is 0.246 e. The molecule has 0 saturated heterocycles. The number of nitrogens with one attached hydrogen (secondary N) is 1. The Hall–Kier alpha value is -0.880. The summed E-state index contributed by atoms with van der Waals surface area (Å²) in [6.45, 7) is 7.08. The van der Waals surface area contributed by atoms with Gasteiger partial charge in [-0.3, -0.25) is 0 Å². The van der Waals surface area contributed by atoms with Crippen molar-refractivity contribution >= 4 is 10.0 Å². The Bertz CT molecular complexity index is 431. The van der Waals surface area contributed by atoms with Crippen molar-refractivity contribution in [3.8, 4) is 0 Å². The first-order valence-corrected chi connectivity index (χ1v) is 6.82. The lowest BCUT2D eigenvalue weighted by atomic mass is 10.2. The van der Waals surface area contributed by atoms with E-state index in [0.717, 1.165) is 12.8 Å². The zero-order valence-electron chi connectivity index (χ0n) is 10.1. The maximum atomic E-state index is 12.0. The first kappa shape index (κ1) is 13.2. The third kappa shape index (κ3) is 2.82. The highest BCUT2D eigenvalue weighted by atomic mass is 32.2. The van der Waals surface area contributed by atoms with Crippen molar-refractivity contribution in [2.24, 2.45) is 0 Å². The van der Waals surface area contributed by atoms with Gasteiger partial charge in [0.2, 0.25) is 10.0 Å². The molecule has 1 heterocycles. The molecule has 0 fully saturated rings. The van der Waals surface area contributed by atoms with E-state index in [1.807, 2.05) is 13.8 Å². The smallest absolute Gasteiger partial charge is 0.246 e. The van der Waals surface area contributed by atoms with Crippen LogP contribution < -0.4 is 4.72 Å². The molecule has 1 aromatic heterocycles. The van der Waals surface area contributed by atoms with Gasteiger partial charge in [-0.1, -0.05) is 18.5 Å². The van der Waals surface area contributed by atoms with Crippen molar-refractivity contribution in [2.45, 2.75) is 51.5 Å². The molecule has 0 unspecified atom stereocenters. The third-order valence-corrected chi connectivity index (χ3v) is 4.15. The molecule has 0 radical (unpaired) electrons. The Morgan fingerprint density at radius 2 is 2.06 bits per heavy atom. The van der Waals surface area contributed by atoms with E-state index in [4.69, 9.17) is 4.52 Å². The minimum Gasteiger partial charge on any atom is -0.360 e. The molecule has 0 aliphatic heterocycles. The minimum atomic E-state index is -3.51. The second-order valence-electron chi connectivity index (χ2n) is 3.96. The number of nitrogens with zero attached hydrogens (tertiary/aromatic N) is 1. The van der Waals surface area contributed by atoms with Gasteiger partial charge in [-0.2, -0.15) is 0 Å². The van der Waals surface area contributed by atoms with Crippen LogP contribution in [0.5, 0.6) is 0 Å². The molecular formula is C10H18N2O3S. The number of hydrogen-bond acceptors (Lipinski definition) is 4. The van der Waals surface area contributed by atoms with Crippen molar-refractivity contribution < 1.29 is 12.9 Å². The van der Waals surface area contributed by atoms with Crippen LogP contribution in [0.4, 0.5) is 0 Å². The van der Waals surface area contributed by atoms with E-state index in [0.29, 0.717) is 11.5 Å². The Kier molecular flexibility index (Phi) is 4.09. The number of aromatic nitrogens is 1. The molecule has 0 amide bonds. The quantitative estimate of drug-likeness (QED) is 0.859. The largest absolute Gasteiger partial charge is 0.360 e. The predicted octanol–water partition coefficient (Wildman–Crippen LogP) is 1.76. The summed E-state index contributed by atoms with van der Waals surface area (Å²) in [5, 5.41) is 3.64. The fourth-order valence-electron chi connectivity index (χ4n) is 1.67. The molecule has 0 saturated carbocycles. The summed E-state index contributed by atoms with van der Waals surface area (Å²) < 4.78 is 31.5. The van der Waals surface area contributed by atoms with Crippen LogP contribution >= 0.6 is 0 Å². The zero-order chi connectivity index (χ0) is 12.3. The predicted molar refractivity (Wildman–Crippen MR) is 60.7 cm³/mol. The Balaban J connectivity index is 2.95. The second kappa shape index (κ2) is 4.97. The normalized spacial score (nSPS) is 14.0. The molecule has 1 aromatic rings. The van der Waals surface area contributed by atoms with E-state index in [2.05, 4.69) is 9.88 Å². The van der Waals surface area contributed by atoms with Crippen LogP contribution in [0.1, 0.15) is 38.1 Å². The summed E-state index contributed by atoms with van der Waals surface area (Å²) in [6, 6.07) is -0.0799. The van der Waals surface area contributed by atoms with Crippen molar-refractivity contribution in [1.82, 2.24) is 9.88 Å². The van der Waals surface area contributed by atoms with Crippen LogP contribution in [0.3, 0.4) is 0 Å². The lowest BCUT2D eigenvalue weighted by Gasteiger charge is -2.12. The van der Waals surface area contributed by atoms with E-state index in [1.165, 1.54) is 0 Å². The zero-order valence-corrected chi connectivity index (χ0v) is 10.9. The van der Waals surface area contributed by atoms with Gasteiger partial charge in [-0.25, -0.2) is 13.1 Å². The second-order valence-corrected chi connectivity index (χ2v) is 5.62. The molecule has 0 bridgehead atoms. The van der Waals surface area contributed by atoms with Crippen molar-refractivity contribution in [1.29, 1.82) is 0 Å². The van der Waals surface area contributed by atoms with Crippen LogP contribution in [0.2, 0.25) is 0 Å². The SMILES string of the molecule is CCC[C@@H](C)NS(=O)(=O)c1c(C)noc1C. The van der Waals surface area contributed by atoms with Gasteiger partial charge in [0.15, 0.2) is 5.76 Å². The average Bonchev–Trinajstić information content (AvgIpc) is 2.45. The molecule has 0 aromatic carbocycles. The van der Waals surface area contributed by atoms with Crippen LogP contribution in [-0.2, 0) is 10.0 Å². The first-order chi connectivity index (χ1) is 7.38. The van der Waals surface area contributed by atoms with Gasteiger partial charge in [0.25, 0.3) is 0 Å². The molecule has 0 aliphatic rings. The Morgan fingerprint density at radius 3 is 2.50 bits per heavy atom. The topological polar surface area (TPSA) is 72.2 Å². The average molecular weight is 246 g/mol. The summed E-state index contributed by atoms with van der Waals surface area (Å²) >= 11 is 0. The van der Waals surface area contributed by atoms with Crippen LogP contribution in [0, 0.1) is 13.8 Å². The molecule has 1 atom stereocenters. The summed E-state index contributed by atoms with van der Waals surface area (Å²) in [7, 11) is -3.51. The van der Waals surface area contributed by atoms with E-state index < -0.39 is 10.0 Å².